The van der Waals surface area contributed by atoms with E-state index >= 15 is 0 Å². The summed E-state index contributed by atoms with van der Waals surface area (Å²) in [6, 6.07) is 7.64. The second kappa shape index (κ2) is 5.76. The molecule has 1 heterocycles. The molecule has 9 heteroatoms. The number of aromatic nitrogens is 3. The van der Waals surface area contributed by atoms with Gasteiger partial charge in [-0.1, -0.05) is 0 Å². The van der Waals surface area contributed by atoms with Gasteiger partial charge in [-0.2, -0.15) is 0 Å². The van der Waals surface area contributed by atoms with Gasteiger partial charge in [-0.3, -0.25) is 0 Å². The van der Waals surface area contributed by atoms with Crippen LogP contribution in [0.2, 0.25) is 0 Å². The van der Waals surface area contributed by atoms with Crippen LogP contribution in [0, 0.1) is 0 Å². The zero-order valence-corrected chi connectivity index (χ0v) is 15.0. The van der Waals surface area contributed by atoms with Crippen molar-refractivity contribution in [2.75, 3.05) is 42.3 Å². The molecule has 21 heavy (non-hydrogen) atoms. The van der Waals surface area contributed by atoms with Gasteiger partial charge in [0.2, 0.25) is 0 Å². The van der Waals surface area contributed by atoms with Crippen LogP contribution in [0.25, 0.3) is 11.0 Å². The predicted molar refractivity (Wildman–Crippen MR) is 90.4 cm³/mol. The molecule has 0 saturated carbocycles. The van der Waals surface area contributed by atoms with E-state index in [2.05, 4.69) is 10.3 Å². The molecular formula is C12H24ClN6OP. The Morgan fingerprint density at radius 1 is 0.952 bits per heavy atom. The summed E-state index contributed by atoms with van der Waals surface area (Å²) in [5, 5.41) is 8.44. The van der Waals surface area contributed by atoms with Gasteiger partial charge in [-0.25, -0.2) is 0 Å². The summed E-state index contributed by atoms with van der Waals surface area (Å²) in [5.41, 5.74) is 1.57. The minimum absolute atomic E-state index is 0. The molecule has 2 aromatic rings. The van der Waals surface area contributed by atoms with Crippen LogP contribution in [-0.2, 0) is 0 Å². The topological polar surface area (TPSA) is 60.7 Å². The molecule has 120 valence electrons. The van der Waals surface area contributed by atoms with Crippen LogP contribution in [0.5, 0.6) is 0 Å². The molecule has 0 unspecified atom stereocenters. The first-order valence-corrected chi connectivity index (χ1v) is 8.36. The van der Waals surface area contributed by atoms with Crippen LogP contribution in [-0.4, -0.2) is 76.0 Å². The van der Waals surface area contributed by atoms with Crippen LogP contribution >= 0.6 is 19.8 Å². The molecule has 0 saturated heterocycles. The smallest absolute Gasteiger partial charge is 0.147 e. The van der Waals surface area contributed by atoms with E-state index in [0.717, 1.165) is 11.0 Å². The molecule has 7 nitrogen and oxygen atoms in total. The summed E-state index contributed by atoms with van der Waals surface area (Å²) in [5.74, 6) is 0. The van der Waals surface area contributed by atoms with Crippen molar-refractivity contribution in [3.05, 3.63) is 24.3 Å². The van der Waals surface area contributed by atoms with Gasteiger partial charge in [-0.05, 0) is 0 Å². The minimum atomic E-state index is -3.77. The Kier molecular flexibility index (Phi) is 5.00. The number of para-hydroxylation sites is 1. The maximum absolute atomic E-state index is 11.8. The maximum atomic E-state index is 11.8. The Morgan fingerprint density at radius 3 is 1.90 bits per heavy atom. The first-order valence-electron chi connectivity index (χ1n) is 6.36. The van der Waals surface area contributed by atoms with Crippen LogP contribution in [0.1, 0.15) is 0 Å². The van der Waals surface area contributed by atoms with E-state index in [1.807, 2.05) is 80.6 Å². The largest absolute Gasteiger partial charge is 0.147 e. The molecule has 0 aliphatic carbocycles. The number of nitrogens with zero attached hydrogens (tertiary/aromatic N) is 6. The summed E-state index contributed by atoms with van der Waals surface area (Å²) < 4.78 is 7.13. The normalized spacial score (nSPS) is 14.5. The maximum Gasteiger partial charge on any atom is -0.147 e. The third kappa shape index (κ3) is 2.16. The summed E-state index contributed by atoms with van der Waals surface area (Å²) in [7, 11) is 7.36. The molecule has 0 aliphatic heterocycles. The van der Waals surface area contributed by atoms with E-state index in [4.69, 9.17) is 0 Å². The van der Waals surface area contributed by atoms with Gasteiger partial charge in [0.1, 0.15) is 0 Å². The van der Waals surface area contributed by atoms with Crippen molar-refractivity contribution < 1.29 is 4.89 Å². The van der Waals surface area contributed by atoms with Crippen molar-refractivity contribution >= 4 is 30.9 Å². The van der Waals surface area contributed by atoms with Crippen LogP contribution in [0.15, 0.2) is 24.3 Å². The first kappa shape index (κ1) is 18.2. The van der Waals surface area contributed by atoms with Crippen LogP contribution in [0.4, 0.5) is 0 Å². The molecule has 0 atom stereocenters. The Balaban J connectivity index is 0.00000220. The molecule has 2 rings (SSSR count). The quantitative estimate of drug-likeness (QED) is 0.855. The zero-order valence-electron chi connectivity index (χ0n) is 13.3. The van der Waals surface area contributed by atoms with Gasteiger partial charge in [0.05, 0.1) is 0 Å². The summed E-state index contributed by atoms with van der Waals surface area (Å²) in [6.07, 6.45) is 0. The zero-order chi connectivity index (χ0) is 15.2. The first-order chi connectivity index (χ1) is 9.24. The standard InChI is InChI=1S/C12H23N6OP.ClH/c1-15(2)20(19,16(3)4,17(5)6)18-12-10-8-7-9-11(12)13-14-18;/h7-10,19H,1-6H3;1H. The third-order valence-corrected chi connectivity index (χ3v) is 9.09. The molecule has 1 aromatic carbocycles. The average Bonchev–Trinajstić information content (AvgIpc) is 2.81. The molecule has 0 fully saturated rings. The molecule has 0 radical (unpaired) electrons. The second-order valence-corrected chi connectivity index (χ2v) is 9.97. The Labute approximate surface area is 131 Å². The SMILES string of the molecule is CN(C)P(O)(N(C)C)(N(C)C)n1nnc2ccccc21.Cl. The van der Waals surface area contributed by atoms with Gasteiger partial charge in [0.15, 0.2) is 0 Å². The monoisotopic (exact) mass is 334 g/mol. The van der Waals surface area contributed by atoms with E-state index in [-0.39, 0.29) is 12.4 Å². The predicted octanol–water partition coefficient (Wildman–Crippen LogP) is 1.51. The number of benzene rings is 1. The van der Waals surface area contributed by atoms with Crippen molar-refractivity contribution in [1.29, 1.82) is 0 Å². The van der Waals surface area contributed by atoms with Crippen molar-refractivity contribution in [2.24, 2.45) is 0 Å². The van der Waals surface area contributed by atoms with Crippen molar-refractivity contribution in [2.45, 2.75) is 0 Å². The average molecular weight is 335 g/mol. The molecule has 0 bridgehead atoms. The Hall–Kier alpha value is -0.820. The molecule has 1 N–H and O–H groups in total. The fraction of sp³-hybridized carbons (Fsp3) is 0.500. The summed E-state index contributed by atoms with van der Waals surface area (Å²) in [6.45, 7) is 0. The van der Waals surface area contributed by atoms with Gasteiger partial charge in [0.25, 0.3) is 0 Å². The Morgan fingerprint density at radius 2 is 1.43 bits per heavy atom. The van der Waals surface area contributed by atoms with Gasteiger partial charge in [0, 0.05) is 0 Å². The Bertz CT molecular complexity index is 604. The van der Waals surface area contributed by atoms with E-state index < -0.39 is 7.43 Å². The molecule has 0 spiro atoms. The number of hydrogen-bond acceptors (Lipinski definition) is 6. The van der Waals surface area contributed by atoms with Gasteiger partial charge in [-0.15, -0.1) is 12.4 Å². The van der Waals surface area contributed by atoms with E-state index in [9.17, 15) is 4.89 Å². The number of rotatable bonds is 4. The molecule has 1 aromatic heterocycles. The van der Waals surface area contributed by atoms with Gasteiger partial charge < -0.3 is 0 Å². The van der Waals surface area contributed by atoms with Crippen molar-refractivity contribution in [3.8, 4) is 0 Å². The fourth-order valence-corrected chi connectivity index (χ4v) is 6.60. The number of fused-ring (bicyclic) bond motifs is 1. The molecular weight excluding hydrogens is 311 g/mol. The third-order valence-electron chi connectivity index (χ3n) is 3.82. The van der Waals surface area contributed by atoms with Crippen LogP contribution < -0.4 is 0 Å². The van der Waals surface area contributed by atoms with Gasteiger partial charge >= 0.3 is 119 Å². The van der Waals surface area contributed by atoms with Crippen molar-refractivity contribution in [1.82, 2.24) is 28.8 Å². The fourth-order valence-electron chi connectivity index (χ4n) is 2.70. The van der Waals surface area contributed by atoms with E-state index in [1.165, 1.54) is 0 Å². The number of hydrogen-bond donors (Lipinski definition) is 1. The summed E-state index contributed by atoms with van der Waals surface area (Å²) >= 11 is 0. The van der Waals surface area contributed by atoms with E-state index in [1.54, 1.807) is 4.45 Å². The number of halogens is 1. The second-order valence-electron chi connectivity index (χ2n) is 5.40. The molecule has 0 amide bonds. The summed E-state index contributed by atoms with van der Waals surface area (Å²) in [4.78, 5) is 11.8. The van der Waals surface area contributed by atoms with E-state index in [0.29, 0.717) is 0 Å². The molecule has 0 aliphatic rings. The van der Waals surface area contributed by atoms with Crippen molar-refractivity contribution in [3.63, 3.8) is 0 Å². The van der Waals surface area contributed by atoms with Crippen LogP contribution in [0.3, 0.4) is 0 Å². The minimum Gasteiger partial charge on any atom is -0.147 e.